The molecular formula is C21H28ClN5O5S. The monoisotopic (exact) mass is 497 g/mol. The first kappa shape index (κ1) is 25.5. The van der Waals surface area contributed by atoms with Gasteiger partial charge in [-0.15, -0.1) is 11.3 Å². The van der Waals surface area contributed by atoms with Crippen molar-refractivity contribution in [3.63, 3.8) is 0 Å². The number of aryl methyl sites for hydroxylation is 1. The molecule has 10 nitrogen and oxygen atoms in total. The molecule has 3 aromatic rings. The summed E-state index contributed by atoms with van der Waals surface area (Å²) in [5, 5.41) is 35.6. The number of rotatable bonds is 8. The molecule has 4 heterocycles. The molecule has 4 atom stereocenters. The molecule has 1 aliphatic heterocycles. The van der Waals surface area contributed by atoms with Crippen molar-refractivity contribution in [3.05, 3.63) is 34.0 Å². The number of aliphatic hydroxyl groups excluding tert-OH is 3. The molecule has 1 aliphatic rings. The van der Waals surface area contributed by atoms with Gasteiger partial charge in [0.05, 0.1) is 18.0 Å². The predicted molar refractivity (Wildman–Crippen MR) is 125 cm³/mol. The van der Waals surface area contributed by atoms with Gasteiger partial charge < -0.3 is 30.2 Å². The van der Waals surface area contributed by atoms with Crippen LogP contribution in [-0.2, 0) is 16.0 Å². The molecule has 0 radical (unpaired) electrons. The molecule has 1 saturated heterocycles. The maximum atomic E-state index is 10.3. The highest BCUT2D eigenvalue weighted by atomic mass is 35.5. The number of anilines is 1. The summed E-state index contributed by atoms with van der Waals surface area (Å²) in [6.07, 6.45) is 1.66. The number of halogens is 1. The molecule has 1 fully saturated rings. The van der Waals surface area contributed by atoms with Crippen LogP contribution in [0, 0.1) is 0 Å². The largest absolute Gasteiger partial charge is 0.394 e. The van der Waals surface area contributed by atoms with E-state index in [0.29, 0.717) is 17.0 Å². The number of hydrogen-bond donors (Lipinski definition) is 4. The van der Waals surface area contributed by atoms with E-state index < -0.39 is 24.5 Å². The molecule has 0 saturated carbocycles. The van der Waals surface area contributed by atoms with Crippen LogP contribution in [-0.4, -0.2) is 72.1 Å². The van der Waals surface area contributed by atoms with Crippen LogP contribution in [0.1, 0.15) is 37.8 Å². The van der Waals surface area contributed by atoms with E-state index in [1.165, 1.54) is 31.4 Å². The molecule has 0 amide bonds. The van der Waals surface area contributed by atoms with Gasteiger partial charge in [0, 0.05) is 11.4 Å². The van der Waals surface area contributed by atoms with Gasteiger partial charge in [-0.25, -0.2) is 15.0 Å². The second-order valence-electron chi connectivity index (χ2n) is 7.76. The molecule has 3 aromatic heterocycles. The van der Waals surface area contributed by atoms with Crippen molar-refractivity contribution in [2.75, 3.05) is 18.5 Å². The van der Waals surface area contributed by atoms with E-state index in [0.717, 1.165) is 30.8 Å². The third kappa shape index (κ3) is 6.25. The van der Waals surface area contributed by atoms with Gasteiger partial charge in [-0.05, 0) is 44.6 Å². The van der Waals surface area contributed by atoms with Gasteiger partial charge in [-0.3, -0.25) is 4.57 Å². The second kappa shape index (κ2) is 11.8. The normalized spacial score (nSPS) is 22.2. The van der Waals surface area contributed by atoms with Crippen LogP contribution in [0.4, 0.5) is 5.82 Å². The molecular weight excluding hydrogens is 470 g/mol. The zero-order valence-electron chi connectivity index (χ0n) is 18.4. The van der Waals surface area contributed by atoms with E-state index >= 15 is 0 Å². The van der Waals surface area contributed by atoms with Crippen molar-refractivity contribution >= 4 is 45.7 Å². The zero-order valence-corrected chi connectivity index (χ0v) is 20.0. The number of carbonyl (C=O) groups excluding carboxylic acids is 1. The summed E-state index contributed by atoms with van der Waals surface area (Å²) >= 11 is 7.79. The number of imidazole rings is 1. The maximum absolute atomic E-state index is 10.3. The smallest absolute Gasteiger partial charge is 0.167 e. The number of Topliss-reactive ketones (excluding diaryl/α,β-unsaturated/α-hetero) is 1. The van der Waals surface area contributed by atoms with Crippen LogP contribution in [0.3, 0.4) is 0 Å². The number of aromatic nitrogens is 4. The number of hydrogen-bond acceptors (Lipinski definition) is 10. The molecule has 0 aliphatic carbocycles. The maximum Gasteiger partial charge on any atom is 0.167 e. The Morgan fingerprint density at radius 1 is 1.24 bits per heavy atom. The first-order valence-corrected chi connectivity index (χ1v) is 11.8. The lowest BCUT2D eigenvalue weighted by atomic mass is 10.1. The zero-order chi connectivity index (χ0) is 24.0. The first-order valence-electron chi connectivity index (χ1n) is 10.6. The molecule has 4 rings (SSSR count). The Morgan fingerprint density at radius 3 is 2.64 bits per heavy atom. The minimum Gasteiger partial charge on any atom is -0.394 e. The summed E-state index contributed by atoms with van der Waals surface area (Å²) in [4.78, 5) is 23.5. The van der Waals surface area contributed by atoms with Crippen molar-refractivity contribution in [1.29, 1.82) is 0 Å². The van der Waals surface area contributed by atoms with Crippen molar-refractivity contribution < 1.29 is 24.9 Å². The number of ketones is 1. The minimum atomic E-state index is -1.19. The third-order valence-electron chi connectivity index (χ3n) is 4.96. The number of aliphatic hydroxyl groups is 3. The number of ether oxygens (including phenoxy) is 1. The molecule has 180 valence electrons. The van der Waals surface area contributed by atoms with Crippen molar-refractivity contribution in [1.82, 2.24) is 19.5 Å². The average molecular weight is 498 g/mol. The van der Waals surface area contributed by atoms with Gasteiger partial charge >= 0.3 is 0 Å². The van der Waals surface area contributed by atoms with E-state index in [1.54, 1.807) is 15.9 Å². The van der Waals surface area contributed by atoms with Crippen molar-refractivity contribution in [2.24, 2.45) is 0 Å². The molecule has 0 unspecified atom stereocenters. The van der Waals surface area contributed by atoms with Gasteiger partial charge in [0.2, 0.25) is 0 Å². The van der Waals surface area contributed by atoms with Gasteiger partial charge in [-0.1, -0.05) is 11.6 Å². The summed E-state index contributed by atoms with van der Waals surface area (Å²) in [5.74, 6) is 0.759. The lowest BCUT2D eigenvalue weighted by molar-refractivity contribution is -0.114. The summed E-state index contributed by atoms with van der Waals surface area (Å²) in [6, 6.07) is 1.92. The Morgan fingerprint density at radius 2 is 2.00 bits per heavy atom. The van der Waals surface area contributed by atoms with Gasteiger partial charge in [0.15, 0.2) is 23.2 Å². The van der Waals surface area contributed by atoms with E-state index in [2.05, 4.69) is 20.3 Å². The number of fused-ring (bicyclic) bond motifs is 1. The Bertz CT molecular complexity index is 1060. The van der Waals surface area contributed by atoms with Gasteiger partial charge in [-0.2, -0.15) is 0 Å². The summed E-state index contributed by atoms with van der Waals surface area (Å²) in [7, 11) is 0. The Hall–Kier alpha value is -2.15. The van der Waals surface area contributed by atoms with Gasteiger partial charge in [0.25, 0.3) is 0 Å². The van der Waals surface area contributed by atoms with E-state index in [9.17, 15) is 20.1 Å². The summed E-state index contributed by atoms with van der Waals surface area (Å²) in [6.45, 7) is 3.38. The van der Waals surface area contributed by atoms with Crippen LogP contribution < -0.4 is 5.32 Å². The number of carbonyl (C=O) groups is 1. The van der Waals surface area contributed by atoms with Crippen LogP contribution in [0.15, 0.2) is 24.1 Å². The lowest BCUT2D eigenvalue weighted by Crippen LogP contribution is -2.33. The Labute approximate surface area is 200 Å². The molecule has 4 N–H and O–H groups in total. The van der Waals surface area contributed by atoms with Crippen LogP contribution >= 0.6 is 22.9 Å². The highest BCUT2D eigenvalue weighted by Crippen LogP contribution is 2.32. The standard InChI is InChI=1S/C18H22ClN5O4S.C3H6O/c19-10-4-6-29-12(10)3-1-2-5-20-16-13-17(22-8-21-16)24(9-23-13)18-15(27)14(26)11(7-25)28-18;1-3(2)4/h4,6,8-9,11,14-15,18,25-27H,1-3,5,7H2,(H,20,21,22);1-2H3/t11-,14-,15-,18-;/m1./s1. The number of thiophene rings is 1. The second-order valence-corrected chi connectivity index (χ2v) is 9.17. The molecule has 12 heteroatoms. The SMILES string of the molecule is CC(C)=O.OC[C@H]1O[C@@H](n2cnc3c(NCCCCc4sccc4Cl)ncnc32)[C@H](O)[C@@H]1O. The third-order valence-corrected chi connectivity index (χ3v) is 6.41. The fourth-order valence-corrected chi connectivity index (χ4v) is 4.58. The predicted octanol–water partition coefficient (Wildman–Crippen LogP) is 2.18. The van der Waals surface area contributed by atoms with Crippen LogP contribution in [0.2, 0.25) is 5.02 Å². The lowest BCUT2D eigenvalue weighted by Gasteiger charge is -2.16. The quantitative estimate of drug-likeness (QED) is 0.344. The van der Waals surface area contributed by atoms with E-state index in [-0.39, 0.29) is 12.4 Å². The minimum absolute atomic E-state index is 0.167. The Balaban J connectivity index is 0.000000709. The number of unbranched alkanes of at least 4 members (excludes halogenated alkanes) is 1. The van der Waals surface area contributed by atoms with Crippen molar-refractivity contribution in [2.45, 2.75) is 57.6 Å². The number of nitrogens with one attached hydrogen (secondary N) is 1. The first-order chi connectivity index (χ1) is 15.8. The summed E-state index contributed by atoms with van der Waals surface area (Å²) in [5.41, 5.74) is 1.02. The molecule has 0 bridgehead atoms. The van der Waals surface area contributed by atoms with E-state index in [1.807, 2.05) is 11.4 Å². The number of nitrogens with zero attached hydrogens (tertiary/aromatic N) is 4. The molecule has 0 aromatic carbocycles. The topological polar surface area (TPSA) is 143 Å². The highest BCUT2D eigenvalue weighted by Gasteiger charge is 2.44. The van der Waals surface area contributed by atoms with Crippen LogP contribution in [0.25, 0.3) is 11.2 Å². The van der Waals surface area contributed by atoms with Gasteiger partial charge in [0.1, 0.15) is 30.4 Å². The van der Waals surface area contributed by atoms with Crippen LogP contribution in [0.5, 0.6) is 0 Å². The highest BCUT2D eigenvalue weighted by molar-refractivity contribution is 7.10. The Kier molecular flexibility index (Phi) is 9.12. The van der Waals surface area contributed by atoms with Crippen molar-refractivity contribution in [3.8, 4) is 0 Å². The fourth-order valence-electron chi connectivity index (χ4n) is 3.40. The van der Waals surface area contributed by atoms with E-state index in [4.69, 9.17) is 16.3 Å². The average Bonchev–Trinajstić information content (AvgIpc) is 3.46. The molecule has 0 spiro atoms. The molecule has 33 heavy (non-hydrogen) atoms. The fraction of sp³-hybridized carbons (Fsp3) is 0.524. The summed E-state index contributed by atoms with van der Waals surface area (Å²) < 4.78 is 7.11.